The number of fused-ring (bicyclic) bond motifs is 1. The summed E-state index contributed by atoms with van der Waals surface area (Å²) in [6, 6.07) is 23.9. The van der Waals surface area contributed by atoms with Crippen LogP contribution in [0.1, 0.15) is 22.2 Å². The first-order valence-electron chi connectivity index (χ1n) is 10.0. The van der Waals surface area contributed by atoms with Gasteiger partial charge in [0.05, 0.1) is 6.54 Å². The van der Waals surface area contributed by atoms with E-state index >= 15 is 0 Å². The van der Waals surface area contributed by atoms with E-state index in [1.807, 2.05) is 54.6 Å². The van der Waals surface area contributed by atoms with E-state index in [2.05, 4.69) is 0 Å². The van der Waals surface area contributed by atoms with E-state index < -0.39 is 12.4 Å². The Morgan fingerprint density at radius 2 is 1.68 bits per heavy atom. The lowest BCUT2D eigenvalue weighted by atomic mass is 10.1. The number of ether oxygens (including phenoxy) is 4. The van der Waals surface area contributed by atoms with E-state index in [4.69, 9.17) is 23.8 Å². The molecule has 1 saturated heterocycles. The SMILES string of the molecule is O=C(c1ccccc1)N1C[C@H](COc2ccccc2)O[C@@H](c2ccc3c(c2)OCO3)O1. The average Bonchev–Trinajstić information content (AvgIpc) is 3.31. The van der Waals surface area contributed by atoms with Crippen LogP contribution in [0.3, 0.4) is 0 Å². The Balaban J connectivity index is 1.37. The molecule has 3 aromatic carbocycles. The highest BCUT2D eigenvalue weighted by Gasteiger charge is 2.34. The number of nitrogens with zero attached hydrogens (tertiary/aromatic N) is 1. The van der Waals surface area contributed by atoms with Crippen molar-refractivity contribution in [3.8, 4) is 17.2 Å². The van der Waals surface area contributed by atoms with E-state index in [0.717, 1.165) is 11.3 Å². The third-order valence-electron chi connectivity index (χ3n) is 5.00. The Bertz CT molecular complexity index is 1040. The van der Waals surface area contributed by atoms with Crippen molar-refractivity contribution >= 4 is 5.91 Å². The Kier molecular flexibility index (Phi) is 5.43. The molecule has 5 rings (SSSR count). The van der Waals surface area contributed by atoms with Crippen LogP contribution in [0.15, 0.2) is 78.9 Å². The van der Waals surface area contributed by atoms with Crippen LogP contribution < -0.4 is 14.2 Å². The summed E-state index contributed by atoms with van der Waals surface area (Å²) in [5, 5.41) is 1.34. The van der Waals surface area contributed by atoms with Gasteiger partial charge in [0, 0.05) is 11.1 Å². The quantitative estimate of drug-likeness (QED) is 0.624. The first-order chi connectivity index (χ1) is 15.3. The summed E-state index contributed by atoms with van der Waals surface area (Å²) >= 11 is 0. The lowest BCUT2D eigenvalue weighted by molar-refractivity contribution is -0.325. The number of carbonyl (C=O) groups is 1. The molecule has 1 amide bonds. The standard InChI is InChI=1S/C24H21NO6/c26-23(17-7-3-1-4-8-17)25-14-20(15-27-19-9-5-2-6-10-19)30-24(31-25)18-11-12-21-22(13-18)29-16-28-21/h1-13,20,24H,14-16H2/t20-,24-/m1/s1. The zero-order valence-corrected chi connectivity index (χ0v) is 16.7. The molecule has 0 aliphatic carbocycles. The van der Waals surface area contributed by atoms with E-state index in [0.29, 0.717) is 17.1 Å². The number of hydrogen-bond acceptors (Lipinski definition) is 6. The van der Waals surface area contributed by atoms with Gasteiger partial charge in [-0.2, -0.15) is 0 Å². The van der Waals surface area contributed by atoms with Crippen molar-refractivity contribution in [2.45, 2.75) is 12.4 Å². The van der Waals surface area contributed by atoms with Crippen molar-refractivity contribution in [1.82, 2.24) is 5.06 Å². The molecule has 0 saturated carbocycles. The number of rotatable bonds is 5. The number of benzene rings is 3. The van der Waals surface area contributed by atoms with E-state index in [1.54, 1.807) is 24.3 Å². The van der Waals surface area contributed by atoms with Crippen LogP contribution in [-0.4, -0.2) is 37.0 Å². The van der Waals surface area contributed by atoms with Crippen molar-refractivity contribution in [3.05, 3.63) is 90.0 Å². The summed E-state index contributed by atoms with van der Waals surface area (Å²) in [6.07, 6.45) is -1.18. The highest BCUT2D eigenvalue weighted by Crippen LogP contribution is 2.37. The molecule has 0 N–H and O–H groups in total. The second-order valence-electron chi connectivity index (χ2n) is 7.16. The zero-order valence-electron chi connectivity index (χ0n) is 16.7. The number of amides is 1. The van der Waals surface area contributed by atoms with Gasteiger partial charge in [-0.3, -0.25) is 4.79 Å². The third-order valence-corrected chi connectivity index (χ3v) is 5.00. The second-order valence-corrected chi connectivity index (χ2v) is 7.16. The first kappa shape index (κ1) is 19.4. The van der Waals surface area contributed by atoms with E-state index in [1.165, 1.54) is 5.06 Å². The normalized spacial score (nSPS) is 19.8. The average molecular weight is 419 g/mol. The van der Waals surface area contributed by atoms with Gasteiger partial charge in [0.1, 0.15) is 18.5 Å². The third kappa shape index (κ3) is 4.33. The largest absolute Gasteiger partial charge is 0.491 e. The Morgan fingerprint density at radius 3 is 2.48 bits per heavy atom. The fourth-order valence-electron chi connectivity index (χ4n) is 3.44. The Morgan fingerprint density at radius 1 is 0.935 bits per heavy atom. The summed E-state index contributed by atoms with van der Waals surface area (Å²) in [4.78, 5) is 19.0. The molecule has 7 nitrogen and oxygen atoms in total. The highest BCUT2D eigenvalue weighted by atomic mass is 16.8. The van der Waals surface area contributed by atoms with Crippen molar-refractivity contribution in [2.24, 2.45) is 0 Å². The number of carbonyl (C=O) groups excluding carboxylic acids is 1. The fourth-order valence-corrected chi connectivity index (χ4v) is 3.44. The van der Waals surface area contributed by atoms with Crippen LogP contribution in [0.5, 0.6) is 17.2 Å². The maximum Gasteiger partial charge on any atom is 0.277 e. The minimum atomic E-state index is -0.791. The molecule has 3 aromatic rings. The number of para-hydroxylation sites is 1. The van der Waals surface area contributed by atoms with Crippen LogP contribution in [0, 0.1) is 0 Å². The molecule has 2 aliphatic rings. The van der Waals surface area contributed by atoms with Crippen LogP contribution in [0.2, 0.25) is 0 Å². The van der Waals surface area contributed by atoms with Gasteiger partial charge in [-0.1, -0.05) is 36.4 Å². The van der Waals surface area contributed by atoms with Crippen LogP contribution in [0.4, 0.5) is 0 Å². The molecule has 31 heavy (non-hydrogen) atoms. The van der Waals surface area contributed by atoms with Gasteiger partial charge in [0.15, 0.2) is 11.5 Å². The lowest BCUT2D eigenvalue weighted by Crippen LogP contribution is -2.47. The van der Waals surface area contributed by atoms with Gasteiger partial charge in [-0.05, 0) is 42.5 Å². The first-order valence-corrected chi connectivity index (χ1v) is 10.0. The second kappa shape index (κ2) is 8.67. The monoisotopic (exact) mass is 419 g/mol. The molecular weight excluding hydrogens is 398 g/mol. The number of hydroxylamine groups is 2. The van der Waals surface area contributed by atoms with Gasteiger partial charge < -0.3 is 18.9 Å². The number of hydrogen-bond donors (Lipinski definition) is 0. The summed E-state index contributed by atoms with van der Waals surface area (Å²) in [7, 11) is 0. The lowest BCUT2D eigenvalue weighted by Gasteiger charge is -2.37. The smallest absolute Gasteiger partial charge is 0.277 e. The fraction of sp³-hybridized carbons (Fsp3) is 0.208. The van der Waals surface area contributed by atoms with E-state index in [9.17, 15) is 4.79 Å². The molecule has 2 heterocycles. The van der Waals surface area contributed by atoms with Crippen molar-refractivity contribution in [3.63, 3.8) is 0 Å². The Hall–Kier alpha value is -3.55. The molecule has 0 radical (unpaired) electrons. The van der Waals surface area contributed by atoms with E-state index in [-0.39, 0.29) is 25.9 Å². The molecule has 0 spiro atoms. The van der Waals surface area contributed by atoms with Gasteiger partial charge in [0.2, 0.25) is 13.1 Å². The molecule has 2 aliphatic heterocycles. The Labute approximate surface area is 179 Å². The summed E-state index contributed by atoms with van der Waals surface area (Å²) in [5.41, 5.74) is 1.26. The van der Waals surface area contributed by atoms with Crippen molar-refractivity contribution in [1.29, 1.82) is 0 Å². The molecule has 0 aromatic heterocycles. The molecule has 0 unspecified atom stereocenters. The summed E-state index contributed by atoms with van der Waals surface area (Å²) < 4.78 is 22.9. The zero-order chi connectivity index (χ0) is 21.0. The molecule has 2 atom stereocenters. The molecule has 1 fully saturated rings. The maximum absolute atomic E-state index is 13.0. The maximum atomic E-state index is 13.0. The predicted octanol–water partition coefficient (Wildman–Crippen LogP) is 3.97. The van der Waals surface area contributed by atoms with Crippen molar-refractivity contribution < 1.29 is 28.6 Å². The molecule has 7 heteroatoms. The molecule has 0 bridgehead atoms. The molecular formula is C24H21NO6. The van der Waals surface area contributed by atoms with Gasteiger partial charge >= 0.3 is 0 Å². The minimum Gasteiger partial charge on any atom is -0.491 e. The highest BCUT2D eigenvalue weighted by molar-refractivity contribution is 5.93. The minimum absolute atomic E-state index is 0.178. The topological polar surface area (TPSA) is 66.5 Å². The van der Waals surface area contributed by atoms with Crippen LogP contribution in [0.25, 0.3) is 0 Å². The molecule has 158 valence electrons. The summed E-state index contributed by atoms with van der Waals surface area (Å²) in [5.74, 6) is 1.78. The van der Waals surface area contributed by atoms with Crippen molar-refractivity contribution in [2.75, 3.05) is 19.9 Å². The van der Waals surface area contributed by atoms with Crippen LogP contribution in [-0.2, 0) is 9.57 Å². The van der Waals surface area contributed by atoms with Crippen LogP contribution >= 0.6 is 0 Å². The predicted molar refractivity (Wildman–Crippen MR) is 111 cm³/mol. The van der Waals surface area contributed by atoms with Gasteiger partial charge in [-0.15, -0.1) is 0 Å². The summed E-state index contributed by atoms with van der Waals surface area (Å²) in [6.45, 7) is 0.686. The van der Waals surface area contributed by atoms with Gasteiger partial charge in [0.25, 0.3) is 5.91 Å². The van der Waals surface area contributed by atoms with Gasteiger partial charge in [-0.25, -0.2) is 9.90 Å².